The van der Waals surface area contributed by atoms with Crippen LogP contribution in [0.25, 0.3) is 0 Å². The maximum atomic E-state index is 13.5. The number of benzene rings is 2. The second-order valence-electron chi connectivity index (χ2n) is 9.09. The fourth-order valence-corrected chi connectivity index (χ4v) is 6.13. The Morgan fingerprint density at radius 2 is 1.53 bits per heavy atom. The van der Waals surface area contributed by atoms with Crippen molar-refractivity contribution in [2.24, 2.45) is 0 Å². The molecule has 1 saturated carbocycles. The third kappa shape index (κ3) is 5.26. The van der Waals surface area contributed by atoms with Gasteiger partial charge in [-0.3, -0.25) is 4.79 Å². The fourth-order valence-electron chi connectivity index (χ4n) is 4.70. The van der Waals surface area contributed by atoms with E-state index < -0.39 is 15.6 Å². The van der Waals surface area contributed by atoms with Gasteiger partial charge in [0.25, 0.3) is 0 Å². The molecule has 9 heteroatoms. The number of sulfonamides is 1. The van der Waals surface area contributed by atoms with E-state index in [-0.39, 0.29) is 29.9 Å². The monoisotopic (exact) mass is 484 g/mol. The Morgan fingerprint density at radius 3 is 2.15 bits per heavy atom. The number of urea groups is 1. The van der Waals surface area contributed by atoms with Crippen LogP contribution < -0.4 is 10.6 Å². The van der Waals surface area contributed by atoms with Crippen molar-refractivity contribution in [1.82, 2.24) is 19.8 Å². The highest BCUT2D eigenvalue weighted by Gasteiger charge is 2.45. The summed E-state index contributed by atoms with van der Waals surface area (Å²) in [6.45, 7) is 3.37. The van der Waals surface area contributed by atoms with E-state index in [1.54, 1.807) is 29.2 Å². The quantitative estimate of drug-likeness (QED) is 0.659. The number of nitrogens with zero attached hydrogens (tertiary/aromatic N) is 2. The molecule has 0 bridgehead atoms. The highest BCUT2D eigenvalue weighted by molar-refractivity contribution is 7.89. The highest BCUT2D eigenvalue weighted by Crippen LogP contribution is 2.32. The van der Waals surface area contributed by atoms with Gasteiger partial charge in [0.1, 0.15) is 5.54 Å². The van der Waals surface area contributed by atoms with E-state index in [1.165, 1.54) is 4.31 Å². The predicted octanol–water partition coefficient (Wildman–Crippen LogP) is 2.64. The average molecular weight is 485 g/mol. The number of carbonyl (C=O) groups excluding carboxylic acids is 2. The van der Waals surface area contributed by atoms with Crippen molar-refractivity contribution in [3.05, 3.63) is 65.7 Å². The largest absolute Gasteiger partial charge is 0.338 e. The zero-order chi connectivity index (χ0) is 24.2. The molecule has 2 aromatic carbocycles. The zero-order valence-corrected chi connectivity index (χ0v) is 20.3. The van der Waals surface area contributed by atoms with Gasteiger partial charge in [0.15, 0.2) is 0 Å². The van der Waals surface area contributed by atoms with E-state index in [4.69, 9.17) is 0 Å². The van der Waals surface area contributed by atoms with Crippen molar-refractivity contribution < 1.29 is 18.0 Å². The third-order valence-electron chi connectivity index (χ3n) is 6.70. The summed E-state index contributed by atoms with van der Waals surface area (Å²) >= 11 is 0. The second kappa shape index (κ2) is 10.1. The van der Waals surface area contributed by atoms with E-state index in [0.29, 0.717) is 32.5 Å². The number of piperazine rings is 1. The standard InChI is InChI=1S/C25H32N4O4S/c1-20-9-11-22(12-10-20)34(32,33)29-17-15-28(16-18-29)23(30)25(13-5-6-14-25)27-24(31)26-19-21-7-3-2-4-8-21/h2-4,7-12H,5-6,13-19H2,1H3,(H2,26,27,31). The summed E-state index contributed by atoms with van der Waals surface area (Å²) in [5.41, 5.74) is 1.05. The van der Waals surface area contributed by atoms with E-state index in [0.717, 1.165) is 24.0 Å². The molecule has 0 spiro atoms. The van der Waals surface area contributed by atoms with Crippen molar-refractivity contribution >= 4 is 22.0 Å². The van der Waals surface area contributed by atoms with Crippen LogP contribution in [0, 0.1) is 6.92 Å². The van der Waals surface area contributed by atoms with Crippen LogP contribution in [-0.2, 0) is 21.4 Å². The molecule has 0 aromatic heterocycles. The molecular formula is C25H32N4O4S. The van der Waals surface area contributed by atoms with Gasteiger partial charge in [0.2, 0.25) is 15.9 Å². The van der Waals surface area contributed by atoms with Crippen molar-refractivity contribution in [1.29, 1.82) is 0 Å². The summed E-state index contributed by atoms with van der Waals surface area (Å²) < 4.78 is 27.4. The molecule has 2 fully saturated rings. The maximum absolute atomic E-state index is 13.5. The Balaban J connectivity index is 1.37. The lowest BCUT2D eigenvalue weighted by Gasteiger charge is -2.39. The number of hydrogen-bond acceptors (Lipinski definition) is 4. The van der Waals surface area contributed by atoms with Gasteiger partial charge in [-0.15, -0.1) is 0 Å². The van der Waals surface area contributed by atoms with Gasteiger partial charge in [0.05, 0.1) is 4.90 Å². The number of carbonyl (C=O) groups is 2. The summed E-state index contributed by atoms with van der Waals surface area (Å²) in [4.78, 5) is 28.1. The van der Waals surface area contributed by atoms with Crippen LogP contribution in [0.15, 0.2) is 59.5 Å². The van der Waals surface area contributed by atoms with Crippen LogP contribution in [0.1, 0.15) is 36.8 Å². The smallest absolute Gasteiger partial charge is 0.315 e. The molecule has 4 rings (SSSR count). The highest BCUT2D eigenvalue weighted by atomic mass is 32.2. The van der Waals surface area contributed by atoms with Gasteiger partial charge >= 0.3 is 6.03 Å². The van der Waals surface area contributed by atoms with Crippen LogP contribution in [0.4, 0.5) is 4.79 Å². The number of amides is 3. The first-order valence-corrected chi connectivity index (χ1v) is 13.2. The maximum Gasteiger partial charge on any atom is 0.315 e. The minimum Gasteiger partial charge on any atom is -0.338 e. The molecule has 34 heavy (non-hydrogen) atoms. The summed E-state index contributed by atoms with van der Waals surface area (Å²) in [5.74, 6) is -0.118. The van der Waals surface area contributed by atoms with Crippen molar-refractivity contribution in [2.75, 3.05) is 26.2 Å². The number of hydrogen-bond donors (Lipinski definition) is 2. The van der Waals surface area contributed by atoms with E-state index in [1.807, 2.05) is 37.3 Å². The topological polar surface area (TPSA) is 98.8 Å². The van der Waals surface area contributed by atoms with Crippen molar-refractivity contribution in [2.45, 2.75) is 49.6 Å². The first-order valence-electron chi connectivity index (χ1n) is 11.8. The molecule has 1 aliphatic heterocycles. The van der Waals surface area contributed by atoms with Gasteiger partial charge < -0.3 is 15.5 Å². The Labute approximate surface area is 201 Å². The SMILES string of the molecule is Cc1ccc(S(=O)(=O)N2CCN(C(=O)C3(NC(=O)NCc4ccccc4)CCCC3)CC2)cc1. The van der Waals surface area contributed by atoms with Gasteiger partial charge in [-0.2, -0.15) is 4.31 Å². The van der Waals surface area contributed by atoms with Crippen LogP contribution in [0.3, 0.4) is 0 Å². The zero-order valence-electron chi connectivity index (χ0n) is 19.5. The predicted molar refractivity (Wildman–Crippen MR) is 130 cm³/mol. The second-order valence-corrected chi connectivity index (χ2v) is 11.0. The van der Waals surface area contributed by atoms with Gasteiger partial charge in [-0.1, -0.05) is 60.9 Å². The minimum absolute atomic E-state index is 0.118. The number of rotatable bonds is 6. The molecular weight excluding hydrogens is 452 g/mol. The van der Waals surface area contributed by atoms with Gasteiger partial charge in [-0.05, 0) is 37.5 Å². The van der Waals surface area contributed by atoms with Crippen LogP contribution >= 0.6 is 0 Å². The fraction of sp³-hybridized carbons (Fsp3) is 0.440. The molecule has 2 N–H and O–H groups in total. The molecule has 0 radical (unpaired) electrons. The lowest BCUT2D eigenvalue weighted by molar-refractivity contribution is -0.139. The molecule has 0 unspecified atom stereocenters. The Bertz CT molecular complexity index is 1110. The molecule has 1 aliphatic carbocycles. The van der Waals surface area contributed by atoms with Crippen molar-refractivity contribution in [3.63, 3.8) is 0 Å². The molecule has 1 heterocycles. The van der Waals surface area contributed by atoms with Crippen LogP contribution in [0.2, 0.25) is 0 Å². The Kier molecular flexibility index (Phi) is 7.23. The molecule has 2 aromatic rings. The molecule has 0 atom stereocenters. The lowest BCUT2D eigenvalue weighted by Crippen LogP contribution is -2.62. The number of nitrogens with one attached hydrogen (secondary N) is 2. The van der Waals surface area contributed by atoms with Crippen LogP contribution in [-0.4, -0.2) is 61.3 Å². The Hall–Kier alpha value is -2.91. The van der Waals surface area contributed by atoms with E-state index >= 15 is 0 Å². The van der Waals surface area contributed by atoms with Crippen molar-refractivity contribution in [3.8, 4) is 0 Å². The normalized spacial score (nSPS) is 18.4. The molecule has 2 aliphatic rings. The summed E-state index contributed by atoms with van der Waals surface area (Å²) in [6, 6.07) is 16.0. The number of aryl methyl sites for hydroxylation is 1. The average Bonchev–Trinajstić information content (AvgIpc) is 3.33. The molecule has 1 saturated heterocycles. The van der Waals surface area contributed by atoms with E-state index in [9.17, 15) is 18.0 Å². The first-order chi connectivity index (χ1) is 16.3. The van der Waals surface area contributed by atoms with Gasteiger partial charge in [0, 0.05) is 32.7 Å². The molecule has 182 valence electrons. The minimum atomic E-state index is -3.60. The summed E-state index contributed by atoms with van der Waals surface area (Å²) in [6.07, 6.45) is 2.91. The molecule has 3 amide bonds. The molecule has 8 nitrogen and oxygen atoms in total. The third-order valence-corrected chi connectivity index (χ3v) is 8.61. The van der Waals surface area contributed by atoms with Crippen LogP contribution in [0.5, 0.6) is 0 Å². The van der Waals surface area contributed by atoms with E-state index in [2.05, 4.69) is 10.6 Å². The summed E-state index contributed by atoms with van der Waals surface area (Å²) in [5, 5.41) is 5.81. The van der Waals surface area contributed by atoms with Gasteiger partial charge in [-0.25, -0.2) is 13.2 Å². The first kappa shape index (κ1) is 24.2. The Morgan fingerprint density at radius 1 is 0.912 bits per heavy atom. The summed E-state index contributed by atoms with van der Waals surface area (Å²) in [7, 11) is -3.60. The lowest BCUT2D eigenvalue weighted by atomic mass is 9.95.